The highest BCUT2D eigenvalue weighted by Crippen LogP contribution is 2.16. The maximum atomic E-state index is 11.6. The van der Waals surface area contributed by atoms with Gasteiger partial charge in [-0.15, -0.1) is 0 Å². The normalized spacial score (nSPS) is 11.1. The number of amides is 1. The standard InChI is InChI=1S/C12H18N2O3/c1-12(2,3)17-11(16)14(13)10-6-4-9(8-15)5-7-10/h4-7,15H,8,13H2,1-3H3. The number of hydrazine groups is 1. The number of hydrogen-bond acceptors (Lipinski definition) is 4. The fourth-order valence-electron chi connectivity index (χ4n) is 1.18. The molecule has 3 N–H and O–H groups in total. The monoisotopic (exact) mass is 238 g/mol. The van der Waals surface area contributed by atoms with E-state index in [-0.39, 0.29) is 6.61 Å². The van der Waals surface area contributed by atoms with Crippen LogP contribution in [0.3, 0.4) is 0 Å². The van der Waals surface area contributed by atoms with Crippen LogP contribution < -0.4 is 10.9 Å². The van der Waals surface area contributed by atoms with Gasteiger partial charge in [-0.25, -0.2) is 15.6 Å². The number of nitrogens with zero attached hydrogens (tertiary/aromatic N) is 1. The predicted molar refractivity (Wildman–Crippen MR) is 65.3 cm³/mol. The second-order valence-electron chi connectivity index (χ2n) is 4.67. The van der Waals surface area contributed by atoms with Crippen molar-refractivity contribution in [3.05, 3.63) is 29.8 Å². The SMILES string of the molecule is CC(C)(C)OC(=O)N(N)c1ccc(CO)cc1. The minimum absolute atomic E-state index is 0.0444. The zero-order chi connectivity index (χ0) is 13.1. The molecule has 0 unspecified atom stereocenters. The van der Waals surface area contributed by atoms with Crippen LogP contribution in [0.2, 0.25) is 0 Å². The van der Waals surface area contributed by atoms with Crippen molar-refractivity contribution < 1.29 is 14.6 Å². The van der Waals surface area contributed by atoms with Gasteiger partial charge in [0.1, 0.15) is 5.60 Å². The Morgan fingerprint density at radius 2 is 1.88 bits per heavy atom. The van der Waals surface area contributed by atoms with E-state index in [1.807, 2.05) is 0 Å². The van der Waals surface area contributed by atoms with Gasteiger partial charge in [0.15, 0.2) is 0 Å². The van der Waals surface area contributed by atoms with Gasteiger partial charge < -0.3 is 9.84 Å². The summed E-state index contributed by atoms with van der Waals surface area (Å²) >= 11 is 0. The Labute approximate surface area is 101 Å². The highest BCUT2D eigenvalue weighted by molar-refractivity contribution is 5.86. The lowest BCUT2D eigenvalue weighted by Crippen LogP contribution is -2.41. The average molecular weight is 238 g/mol. The molecular weight excluding hydrogens is 220 g/mol. The molecule has 17 heavy (non-hydrogen) atoms. The molecule has 1 aromatic carbocycles. The van der Waals surface area contributed by atoms with Gasteiger partial charge in [0.2, 0.25) is 0 Å². The molecule has 0 bridgehead atoms. The first-order valence-electron chi connectivity index (χ1n) is 5.31. The van der Waals surface area contributed by atoms with Crippen molar-refractivity contribution in [3.8, 4) is 0 Å². The third kappa shape index (κ3) is 4.05. The number of aliphatic hydroxyl groups excluding tert-OH is 1. The first-order chi connectivity index (χ1) is 7.83. The van der Waals surface area contributed by atoms with Crippen molar-refractivity contribution in [2.75, 3.05) is 5.01 Å². The Morgan fingerprint density at radius 1 is 1.35 bits per heavy atom. The zero-order valence-corrected chi connectivity index (χ0v) is 10.3. The molecule has 0 aliphatic carbocycles. The second-order valence-corrected chi connectivity index (χ2v) is 4.67. The van der Waals surface area contributed by atoms with Gasteiger partial charge in [-0.2, -0.15) is 0 Å². The molecule has 0 atom stereocenters. The van der Waals surface area contributed by atoms with Crippen LogP contribution in [0.1, 0.15) is 26.3 Å². The Hall–Kier alpha value is -1.59. The Morgan fingerprint density at radius 3 is 2.29 bits per heavy atom. The van der Waals surface area contributed by atoms with Crippen LogP contribution in [0, 0.1) is 0 Å². The minimum Gasteiger partial charge on any atom is -0.442 e. The quantitative estimate of drug-likeness (QED) is 0.468. The summed E-state index contributed by atoms with van der Waals surface area (Å²) in [5, 5.41) is 9.83. The molecule has 0 radical (unpaired) electrons. The molecule has 0 saturated heterocycles. The fraction of sp³-hybridized carbons (Fsp3) is 0.417. The summed E-state index contributed by atoms with van der Waals surface area (Å²) in [6.45, 7) is 5.27. The molecule has 0 fully saturated rings. The summed E-state index contributed by atoms with van der Waals surface area (Å²) in [7, 11) is 0. The third-order valence-electron chi connectivity index (χ3n) is 1.99. The molecule has 5 nitrogen and oxygen atoms in total. The molecule has 1 aromatic rings. The number of carbonyl (C=O) groups excluding carboxylic acids is 1. The Bertz CT molecular complexity index is 382. The van der Waals surface area contributed by atoms with E-state index in [4.69, 9.17) is 15.7 Å². The lowest BCUT2D eigenvalue weighted by atomic mass is 10.2. The number of rotatable bonds is 2. The average Bonchev–Trinajstić information content (AvgIpc) is 2.26. The largest absolute Gasteiger partial charge is 0.442 e. The summed E-state index contributed by atoms with van der Waals surface area (Å²) < 4.78 is 5.12. The lowest BCUT2D eigenvalue weighted by molar-refractivity contribution is 0.0580. The van der Waals surface area contributed by atoms with Gasteiger partial charge in [-0.3, -0.25) is 0 Å². The number of aliphatic hydroxyl groups is 1. The summed E-state index contributed by atoms with van der Waals surface area (Å²) in [5.41, 5.74) is 0.683. The number of carbonyl (C=O) groups is 1. The number of nitrogens with two attached hydrogens (primary N) is 1. The second kappa shape index (κ2) is 5.16. The molecule has 0 spiro atoms. The van der Waals surface area contributed by atoms with Crippen LogP contribution >= 0.6 is 0 Å². The van der Waals surface area contributed by atoms with Crippen LogP contribution in [-0.2, 0) is 11.3 Å². The smallest absolute Gasteiger partial charge is 0.429 e. The van der Waals surface area contributed by atoms with Crippen LogP contribution in [0.25, 0.3) is 0 Å². The van der Waals surface area contributed by atoms with E-state index >= 15 is 0 Å². The molecule has 1 amide bonds. The molecular formula is C12H18N2O3. The highest BCUT2D eigenvalue weighted by Gasteiger charge is 2.20. The van der Waals surface area contributed by atoms with Gasteiger partial charge >= 0.3 is 6.09 Å². The summed E-state index contributed by atoms with van der Waals surface area (Å²) in [6, 6.07) is 6.68. The number of hydrogen-bond donors (Lipinski definition) is 2. The van der Waals surface area contributed by atoms with E-state index in [0.29, 0.717) is 5.69 Å². The molecule has 0 aliphatic rings. The highest BCUT2D eigenvalue weighted by atomic mass is 16.6. The lowest BCUT2D eigenvalue weighted by Gasteiger charge is -2.24. The maximum absolute atomic E-state index is 11.6. The van der Waals surface area contributed by atoms with Crippen LogP contribution in [0.15, 0.2) is 24.3 Å². The van der Waals surface area contributed by atoms with E-state index in [9.17, 15) is 4.79 Å². The Kier molecular flexibility index (Phi) is 4.09. The number of anilines is 1. The summed E-state index contributed by atoms with van der Waals surface area (Å²) in [6.07, 6.45) is -0.616. The van der Waals surface area contributed by atoms with Crippen molar-refractivity contribution in [1.82, 2.24) is 0 Å². The van der Waals surface area contributed by atoms with Gasteiger partial charge in [-0.1, -0.05) is 12.1 Å². The van der Waals surface area contributed by atoms with Gasteiger partial charge in [0, 0.05) is 0 Å². The van der Waals surface area contributed by atoms with E-state index in [0.717, 1.165) is 10.6 Å². The van der Waals surface area contributed by atoms with Gasteiger partial charge in [-0.05, 0) is 38.5 Å². The zero-order valence-electron chi connectivity index (χ0n) is 10.3. The molecule has 0 saturated carbocycles. The fourth-order valence-corrected chi connectivity index (χ4v) is 1.18. The van der Waals surface area contributed by atoms with E-state index in [1.54, 1.807) is 45.0 Å². The first-order valence-corrected chi connectivity index (χ1v) is 5.31. The van der Waals surface area contributed by atoms with E-state index in [1.165, 1.54) is 0 Å². The van der Waals surface area contributed by atoms with Gasteiger partial charge in [0.25, 0.3) is 0 Å². The van der Waals surface area contributed by atoms with Crippen molar-refractivity contribution in [2.24, 2.45) is 5.84 Å². The minimum atomic E-state index is -0.616. The van der Waals surface area contributed by atoms with Crippen molar-refractivity contribution >= 4 is 11.8 Å². The topological polar surface area (TPSA) is 75.8 Å². The van der Waals surface area contributed by atoms with Crippen LogP contribution in [-0.4, -0.2) is 16.8 Å². The molecule has 0 heterocycles. The first kappa shape index (κ1) is 13.5. The molecule has 1 rings (SSSR count). The van der Waals surface area contributed by atoms with Crippen molar-refractivity contribution in [2.45, 2.75) is 33.0 Å². The van der Waals surface area contributed by atoms with E-state index < -0.39 is 11.7 Å². The Balaban J connectivity index is 2.74. The molecule has 94 valence electrons. The summed E-state index contributed by atoms with van der Waals surface area (Å²) in [5.74, 6) is 5.63. The predicted octanol–water partition coefficient (Wildman–Crippen LogP) is 1.79. The van der Waals surface area contributed by atoms with Crippen LogP contribution in [0.4, 0.5) is 10.5 Å². The third-order valence-corrected chi connectivity index (χ3v) is 1.99. The molecule has 0 aliphatic heterocycles. The van der Waals surface area contributed by atoms with E-state index in [2.05, 4.69) is 0 Å². The van der Waals surface area contributed by atoms with Crippen molar-refractivity contribution in [3.63, 3.8) is 0 Å². The number of ether oxygens (including phenoxy) is 1. The summed E-state index contributed by atoms with van der Waals surface area (Å²) in [4.78, 5) is 11.6. The maximum Gasteiger partial charge on any atom is 0.429 e. The molecule has 5 heteroatoms. The van der Waals surface area contributed by atoms with Crippen molar-refractivity contribution in [1.29, 1.82) is 0 Å². The van der Waals surface area contributed by atoms with Crippen LogP contribution in [0.5, 0.6) is 0 Å². The molecule has 0 aromatic heterocycles. The van der Waals surface area contributed by atoms with Gasteiger partial charge in [0.05, 0.1) is 12.3 Å². The number of benzene rings is 1.